The molecule has 29 heavy (non-hydrogen) atoms. The minimum atomic E-state index is -0.0818. The summed E-state index contributed by atoms with van der Waals surface area (Å²) in [4.78, 5) is 16.4. The third-order valence-electron chi connectivity index (χ3n) is 5.29. The third kappa shape index (κ3) is 3.16. The molecule has 0 saturated heterocycles. The van der Waals surface area contributed by atoms with Crippen LogP contribution in [0.1, 0.15) is 49.7 Å². The third-order valence-corrected chi connectivity index (χ3v) is 5.29. The van der Waals surface area contributed by atoms with Crippen molar-refractivity contribution in [1.29, 1.82) is 0 Å². The van der Waals surface area contributed by atoms with Crippen molar-refractivity contribution >= 4 is 28.6 Å². The molecule has 0 spiro atoms. The average molecular weight is 387 g/mol. The van der Waals surface area contributed by atoms with Gasteiger partial charge in [0.15, 0.2) is 17.1 Å². The van der Waals surface area contributed by atoms with E-state index in [0.717, 1.165) is 41.1 Å². The van der Waals surface area contributed by atoms with Crippen molar-refractivity contribution in [3.63, 3.8) is 0 Å². The quantitative estimate of drug-likeness (QED) is 0.567. The highest BCUT2D eigenvalue weighted by molar-refractivity contribution is 5.93. The highest BCUT2D eigenvalue weighted by atomic mass is 16.2. The molecular formula is C21H21N7O. The predicted molar refractivity (Wildman–Crippen MR) is 110 cm³/mol. The summed E-state index contributed by atoms with van der Waals surface area (Å²) in [6.45, 7) is 8.04. The van der Waals surface area contributed by atoms with Gasteiger partial charge in [-0.15, -0.1) is 10.2 Å². The monoisotopic (exact) mass is 387 g/mol. The maximum atomic E-state index is 12.0. The smallest absolute Gasteiger partial charge is 0.228 e. The first-order valence-corrected chi connectivity index (χ1v) is 9.67. The number of pyridine rings is 1. The summed E-state index contributed by atoms with van der Waals surface area (Å²) >= 11 is 0. The molecule has 1 aliphatic carbocycles. The van der Waals surface area contributed by atoms with Gasteiger partial charge >= 0.3 is 0 Å². The van der Waals surface area contributed by atoms with Crippen molar-refractivity contribution in [3.8, 4) is 0 Å². The fourth-order valence-electron chi connectivity index (χ4n) is 3.35. The maximum absolute atomic E-state index is 12.0. The zero-order chi connectivity index (χ0) is 20.1. The van der Waals surface area contributed by atoms with Crippen molar-refractivity contribution in [3.05, 3.63) is 60.3 Å². The van der Waals surface area contributed by atoms with Gasteiger partial charge < -0.3 is 5.32 Å². The van der Waals surface area contributed by atoms with E-state index in [-0.39, 0.29) is 17.7 Å². The highest BCUT2D eigenvalue weighted by Gasteiger charge is 2.30. The van der Waals surface area contributed by atoms with E-state index in [1.54, 1.807) is 10.7 Å². The number of imidazole rings is 1. The number of allylic oxidation sites excluding steroid dienone is 1. The maximum Gasteiger partial charge on any atom is 0.228 e. The molecule has 0 aliphatic heterocycles. The van der Waals surface area contributed by atoms with E-state index in [4.69, 9.17) is 0 Å². The van der Waals surface area contributed by atoms with E-state index in [1.165, 1.54) is 0 Å². The van der Waals surface area contributed by atoms with Gasteiger partial charge in [0.2, 0.25) is 5.91 Å². The molecule has 1 N–H and O–H groups in total. The molecular weight excluding hydrogens is 366 g/mol. The molecule has 1 fully saturated rings. The summed E-state index contributed by atoms with van der Waals surface area (Å²) in [7, 11) is 0. The lowest BCUT2D eigenvalue weighted by molar-refractivity contribution is -0.117. The fraction of sp³-hybridized carbons (Fsp3) is 0.286. The van der Waals surface area contributed by atoms with Crippen LogP contribution < -0.4 is 5.32 Å². The number of anilines is 1. The van der Waals surface area contributed by atoms with Crippen LogP contribution in [0.5, 0.6) is 0 Å². The van der Waals surface area contributed by atoms with Crippen LogP contribution in [0.2, 0.25) is 0 Å². The van der Waals surface area contributed by atoms with Crippen molar-refractivity contribution in [2.24, 2.45) is 5.92 Å². The first kappa shape index (κ1) is 17.5. The summed E-state index contributed by atoms with van der Waals surface area (Å²) in [6, 6.07) is 7.76. The fourth-order valence-corrected chi connectivity index (χ4v) is 3.35. The molecule has 4 heterocycles. The normalized spacial score (nSPS) is 15.0. The Morgan fingerprint density at radius 2 is 1.97 bits per heavy atom. The molecule has 1 saturated carbocycles. The topological polar surface area (TPSA) is 89.5 Å². The number of hydrogen-bond acceptors (Lipinski definition) is 5. The van der Waals surface area contributed by atoms with Crippen LogP contribution in [0, 0.1) is 5.92 Å². The van der Waals surface area contributed by atoms with Gasteiger partial charge in [0.1, 0.15) is 5.82 Å². The molecule has 0 aromatic carbocycles. The minimum absolute atomic E-state index is 0.0326. The van der Waals surface area contributed by atoms with Gasteiger partial charge in [-0.05, 0) is 62.1 Å². The zero-order valence-electron chi connectivity index (χ0n) is 16.3. The van der Waals surface area contributed by atoms with Crippen LogP contribution in [0.4, 0.5) is 5.82 Å². The van der Waals surface area contributed by atoms with Gasteiger partial charge in [-0.1, -0.05) is 6.58 Å². The Morgan fingerprint density at radius 1 is 1.17 bits per heavy atom. The Kier molecular flexibility index (Phi) is 3.94. The molecule has 8 nitrogen and oxygen atoms in total. The number of rotatable bonds is 5. The van der Waals surface area contributed by atoms with E-state index in [2.05, 4.69) is 32.2 Å². The molecule has 1 unspecified atom stereocenters. The first-order valence-electron chi connectivity index (χ1n) is 9.67. The van der Waals surface area contributed by atoms with Gasteiger partial charge in [-0.25, -0.2) is 9.50 Å². The Bertz CT molecular complexity index is 1260. The lowest BCUT2D eigenvalue weighted by atomic mass is 10.1. The Morgan fingerprint density at radius 3 is 2.72 bits per heavy atom. The van der Waals surface area contributed by atoms with Crippen LogP contribution in [0.15, 0.2) is 43.2 Å². The molecule has 0 radical (unpaired) electrons. The SMILES string of the molecule is C=C(C)c1ccc2nnc(C(C)c3ccc4nc(NC(=O)C5CC5)cn4n3)n2c1. The number of fused-ring (bicyclic) bond motifs is 2. The van der Waals surface area contributed by atoms with E-state index < -0.39 is 0 Å². The van der Waals surface area contributed by atoms with Crippen LogP contribution in [-0.2, 0) is 4.79 Å². The Labute approximate surface area is 167 Å². The molecule has 8 heteroatoms. The number of nitrogens with one attached hydrogen (secondary N) is 1. The largest absolute Gasteiger partial charge is 0.309 e. The number of hydrogen-bond donors (Lipinski definition) is 1. The molecule has 4 aromatic rings. The second kappa shape index (κ2) is 6.51. The molecule has 5 rings (SSSR count). The van der Waals surface area contributed by atoms with E-state index in [0.29, 0.717) is 11.5 Å². The highest BCUT2D eigenvalue weighted by Crippen LogP contribution is 2.30. The summed E-state index contributed by atoms with van der Waals surface area (Å²) in [5.41, 5.74) is 4.33. The molecule has 4 aromatic heterocycles. The lowest BCUT2D eigenvalue weighted by Gasteiger charge is -2.10. The Hall–Kier alpha value is -3.55. The lowest BCUT2D eigenvalue weighted by Crippen LogP contribution is -2.13. The van der Waals surface area contributed by atoms with Crippen molar-refractivity contribution < 1.29 is 4.79 Å². The molecule has 1 atom stereocenters. The van der Waals surface area contributed by atoms with Crippen LogP contribution in [-0.4, -0.2) is 35.1 Å². The van der Waals surface area contributed by atoms with Crippen molar-refractivity contribution in [2.45, 2.75) is 32.6 Å². The average Bonchev–Trinajstić information content (AvgIpc) is 3.36. The number of carbonyl (C=O) groups is 1. The summed E-state index contributed by atoms with van der Waals surface area (Å²) in [5.74, 6) is 1.41. The van der Waals surface area contributed by atoms with Gasteiger partial charge in [-0.2, -0.15) is 5.10 Å². The van der Waals surface area contributed by atoms with Crippen LogP contribution in [0.3, 0.4) is 0 Å². The molecule has 146 valence electrons. The minimum Gasteiger partial charge on any atom is -0.309 e. The van der Waals surface area contributed by atoms with Crippen LogP contribution >= 0.6 is 0 Å². The van der Waals surface area contributed by atoms with Crippen molar-refractivity contribution in [2.75, 3.05) is 5.32 Å². The summed E-state index contributed by atoms with van der Waals surface area (Å²) < 4.78 is 3.67. The van der Waals surface area contributed by atoms with Crippen molar-refractivity contribution in [1.82, 2.24) is 29.2 Å². The number of amides is 1. The number of nitrogens with zero attached hydrogens (tertiary/aromatic N) is 6. The van der Waals surface area contributed by atoms with Gasteiger partial charge in [0.25, 0.3) is 0 Å². The molecule has 0 bridgehead atoms. The molecule has 1 amide bonds. The summed E-state index contributed by atoms with van der Waals surface area (Å²) in [5, 5.41) is 16.2. The van der Waals surface area contributed by atoms with Gasteiger partial charge in [-0.3, -0.25) is 9.20 Å². The van der Waals surface area contributed by atoms with Gasteiger partial charge in [0, 0.05) is 12.1 Å². The second-order valence-corrected chi connectivity index (χ2v) is 7.66. The molecule has 1 aliphatic rings. The summed E-state index contributed by atoms with van der Waals surface area (Å²) in [6.07, 6.45) is 5.66. The van der Waals surface area contributed by atoms with Gasteiger partial charge in [0.05, 0.1) is 17.8 Å². The predicted octanol–water partition coefficient (Wildman–Crippen LogP) is 3.31. The standard InChI is InChI=1S/C21H21N7O/c1-12(2)15-6-8-19-24-25-20(27(19)10-15)13(3)16-7-9-18-22-17(11-28(18)26-16)23-21(29)14-4-5-14/h6-11,13-14H,1,4-5H2,2-3H3,(H,23,29). The Balaban J connectivity index is 1.48. The number of aromatic nitrogens is 6. The van der Waals surface area contributed by atoms with E-state index in [9.17, 15) is 4.79 Å². The first-order chi connectivity index (χ1) is 14.0. The number of carbonyl (C=O) groups excluding carboxylic acids is 1. The van der Waals surface area contributed by atoms with E-state index >= 15 is 0 Å². The zero-order valence-corrected chi connectivity index (χ0v) is 16.3. The van der Waals surface area contributed by atoms with Crippen LogP contribution in [0.25, 0.3) is 16.9 Å². The second-order valence-electron chi connectivity index (χ2n) is 7.66. The van der Waals surface area contributed by atoms with E-state index in [1.807, 2.05) is 48.7 Å².